The molecule has 3 heteroatoms. The summed E-state index contributed by atoms with van der Waals surface area (Å²) in [5.74, 6) is 0. The summed E-state index contributed by atoms with van der Waals surface area (Å²) >= 11 is 0. The van der Waals surface area contributed by atoms with Crippen molar-refractivity contribution in [2.24, 2.45) is 0 Å². The van der Waals surface area contributed by atoms with Gasteiger partial charge in [-0.05, 0) is 114 Å². The van der Waals surface area contributed by atoms with Crippen molar-refractivity contribution in [2.45, 2.75) is 45.2 Å². The molecule has 6 aromatic carbocycles. The van der Waals surface area contributed by atoms with Crippen LogP contribution < -0.4 is 0 Å². The van der Waals surface area contributed by atoms with Gasteiger partial charge < -0.3 is 0 Å². The Bertz CT molecular complexity index is 2050. The molecule has 0 atom stereocenters. The topological polar surface area (TPSA) is 0 Å². The molecule has 0 unspecified atom stereocenters. The number of benzene rings is 6. The highest BCUT2D eigenvalue weighted by Gasteiger charge is 2.30. The number of halogens is 3. The summed E-state index contributed by atoms with van der Waals surface area (Å²) in [6.45, 7) is 6.63. The summed E-state index contributed by atoms with van der Waals surface area (Å²) in [5, 5.41) is 4.51. The van der Waals surface area contributed by atoms with Crippen molar-refractivity contribution in [1.29, 1.82) is 0 Å². The van der Waals surface area contributed by atoms with Gasteiger partial charge in [0.15, 0.2) is 0 Å². The zero-order valence-electron chi connectivity index (χ0n) is 25.1. The van der Waals surface area contributed by atoms with Crippen LogP contribution in [0, 0.1) is 0 Å². The van der Waals surface area contributed by atoms with E-state index in [1.165, 1.54) is 39.6 Å². The second kappa shape index (κ2) is 10.5. The van der Waals surface area contributed by atoms with Gasteiger partial charge in [0.05, 0.1) is 5.56 Å². The molecular weight excluding hydrogens is 549 g/mol. The average molecular weight is 583 g/mol. The van der Waals surface area contributed by atoms with E-state index in [4.69, 9.17) is 0 Å². The lowest BCUT2D eigenvalue weighted by Gasteiger charge is -2.24. The fraction of sp³-hybridized carbons (Fsp3) is 0.171. The summed E-state index contributed by atoms with van der Waals surface area (Å²) in [6.07, 6.45) is 1.74. The summed E-state index contributed by atoms with van der Waals surface area (Å²) in [7, 11) is 0. The van der Waals surface area contributed by atoms with Crippen molar-refractivity contribution in [3.05, 3.63) is 138 Å². The van der Waals surface area contributed by atoms with Gasteiger partial charge in [-0.2, -0.15) is 13.2 Å². The number of hydrogen-bond acceptors (Lipinski definition) is 0. The molecule has 0 nitrogen and oxygen atoms in total. The molecule has 0 radical (unpaired) electrons. The first-order valence-electron chi connectivity index (χ1n) is 15.1. The van der Waals surface area contributed by atoms with Gasteiger partial charge in [-0.1, -0.05) is 118 Å². The van der Waals surface area contributed by atoms with E-state index in [1.807, 2.05) is 0 Å². The molecule has 0 saturated carbocycles. The molecule has 0 saturated heterocycles. The summed E-state index contributed by atoms with van der Waals surface area (Å²) < 4.78 is 40.6. The second-order valence-electron chi connectivity index (χ2n) is 12.8. The highest BCUT2D eigenvalue weighted by Crippen LogP contribution is 2.46. The van der Waals surface area contributed by atoms with E-state index < -0.39 is 11.7 Å². The summed E-state index contributed by atoms with van der Waals surface area (Å²) in [5.41, 5.74) is 9.35. The third-order valence-electron chi connectivity index (χ3n) is 8.92. The fourth-order valence-electron chi connectivity index (χ4n) is 6.59. The first kappa shape index (κ1) is 28.2. The zero-order chi connectivity index (χ0) is 30.6. The normalized spacial score (nSPS) is 13.4. The van der Waals surface area contributed by atoms with Crippen molar-refractivity contribution in [1.82, 2.24) is 0 Å². The first-order valence-corrected chi connectivity index (χ1v) is 15.1. The SMILES string of the molecule is CC(C)(C)c1ccc(-c2ccc3c(-c4ccc5ccccc5c4)c4c(c(-c5ccc(C(F)(F)F)cc5)c3c2)CCC=C4)cc1. The van der Waals surface area contributed by atoms with E-state index in [0.29, 0.717) is 0 Å². The quantitative estimate of drug-likeness (QED) is 0.195. The monoisotopic (exact) mass is 582 g/mol. The van der Waals surface area contributed by atoms with Crippen LogP contribution in [0.1, 0.15) is 49.4 Å². The Labute approximate surface area is 256 Å². The fourth-order valence-corrected chi connectivity index (χ4v) is 6.59. The minimum atomic E-state index is -4.38. The maximum Gasteiger partial charge on any atom is 0.416 e. The van der Waals surface area contributed by atoms with E-state index in [-0.39, 0.29) is 5.41 Å². The number of hydrogen-bond donors (Lipinski definition) is 0. The molecule has 0 N–H and O–H groups in total. The van der Waals surface area contributed by atoms with Gasteiger partial charge in [-0.15, -0.1) is 0 Å². The van der Waals surface area contributed by atoms with E-state index >= 15 is 0 Å². The lowest BCUT2D eigenvalue weighted by Crippen LogP contribution is -2.10. The zero-order valence-corrected chi connectivity index (χ0v) is 25.1. The number of rotatable bonds is 3. The first-order chi connectivity index (χ1) is 21.1. The molecule has 1 aliphatic rings. The van der Waals surface area contributed by atoms with Gasteiger partial charge >= 0.3 is 6.18 Å². The smallest absolute Gasteiger partial charge is 0.166 e. The number of fused-ring (bicyclic) bond motifs is 3. The Balaban J connectivity index is 1.52. The van der Waals surface area contributed by atoms with Crippen molar-refractivity contribution < 1.29 is 13.2 Å². The van der Waals surface area contributed by atoms with Gasteiger partial charge in [0.2, 0.25) is 0 Å². The Hall–Kier alpha value is -4.63. The van der Waals surface area contributed by atoms with Crippen molar-refractivity contribution >= 4 is 27.6 Å². The van der Waals surface area contributed by atoms with Crippen LogP contribution in [0.5, 0.6) is 0 Å². The molecule has 44 heavy (non-hydrogen) atoms. The highest BCUT2D eigenvalue weighted by atomic mass is 19.4. The molecule has 1 aliphatic carbocycles. The third kappa shape index (κ3) is 5.01. The minimum absolute atomic E-state index is 0.0546. The molecule has 7 rings (SSSR count). The summed E-state index contributed by atoms with van der Waals surface area (Å²) in [6, 6.07) is 36.0. The van der Waals surface area contributed by atoms with Crippen molar-refractivity contribution in [2.75, 3.05) is 0 Å². The number of alkyl halides is 3. The van der Waals surface area contributed by atoms with Crippen LogP contribution in [-0.4, -0.2) is 0 Å². The van der Waals surface area contributed by atoms with Crippen LogP contribution in [0.15, 0.2) is 115 Å². The van der Waals surface area contributed by atoms with Crippen LogP contribution in [0.25, 0.3) is 61.0 Å². The van der Waals surface area contributed by atoms with Crippen molar-refractivity contribution in [3.63, 3.8) is 0 Å². The Morgan fingerprint density at radius 3 is 1.89 bits per heavy atom. The molecular formula is C41H33F3. The Kier molecular flexibility index (Phi) is 6.73. The van der Waals surface area contributed by atoms with Gasteiger partial charge in [0, 0.05) is 0 Å². The number of allylic oxidation sites excluding steroid dienone is 1. The van der Waals surface area contributed by atoms with E-state index in [9.17, 15) is 13.2 Å². The minimum Gasteiger partial charge on any atom is -0.166 e. The molecule has 6 aromatic rings. The standard InChI is InChI=1S/C41H33F3/c1-40(2,3)32-19-14-27(15-20-32)30-18-23-36-37(25-30)38(28-16-21-33(22-17-28)41(42,43)44)34-10-6-7-11-35(34)39(36)31-13-12-26-8-4-5-9-29(26)24-31/h4-5,7-9,11-25H,6,10H2,1-3H3. The van der Waals surface area contributed by atoms with Crippen LogP contribution >= 0.6 is 0 Å². The van der Waals surface area contributed by atoms with E-state index in [1.54, 1.807) is 12.1 Å². The van der Waals surface area contributed by atoms with Crippen LogP contribution in [0.4, 0.5) is 13.2 Å². The van der Waals surface area contributed by atoms with Gasteiger partial charge in [-0.25, -0.2) is 0 Å². The van der Waals surface area contributed by atoms with Gasteiger partial charge in [0.1, 0.15) is 0 Å². The Morgan fingerprint density at radius 1 is 0.545 bits per heavy atom. The van der Waals surface area contributed by atoms with Crippen LogP contribution in [0.2, 0.25) is 0 Å². The molecule has 0 aliphatic heterocycles. The lowest BCUT2D eigenvalue weighted by atomic mass is 9.79. The van der Waals surface area contributed by atoms with E-state index in [0.717, 1.165) is 57.0 Å². The predicted molar refractivity (Wildman–Crippen MR) is 179 cm³/mol. The predicted octanol–water partition coefficient (Wildman–Crippen LogP) is 12.3. The molecule has 0 amide bonds. The molecule has 0 bridgehead atoms. The van der Waals surface area contributed by atoms with E-state index in [2.05, 4.69) is 118 Å². The molecule has 0 spiro atoms. The molecule has 218 valence electrons. The van der Waals surface area contributed by atoms with Gasteiger partial charge in [-0.3, -0.25) is 0 Å². The maximum absolute atomic E-state index is 13.5. The van der Waals surface area contributed by atoms with Gasteiger partial charge in [0.25, 0.3) is 0 Å². The molecule has 0 aromatic heterocycles. The lowest BCUT2D eigenvalue weighted by molar-refractivity contribution is -0.137. The van der Waals surface area contributed by atoms with Crippen LogP contribution in [-0.2, 0) is 18.0 Å². The molecule has 0 fully saturated rings. The average Bonchev–Trinajstić information content (AvgIpc) is 3.02. The third-order valence-corrected chi connectivity index (χ3v) is 8.92. The molecule has 0 heterocycles. The largest absolute Gasteiger partial charge is 0.416 e. The highest BCUT2D eigenvalue weighted by molar-refractivity contribution is 6.11. The van der Waals surface area contributed by atoms with Crippen LogP contribution in [0.3, 0.4) is 0 Å². The second-order valence-corrected chi connectivity index (χ2v) is 12.8. The Morgan fingerprint density at radius 2 is 1.18 bits per heavy atom. The summed E-state index contributed by atoms with van der Waals surface area (Å²) in [4.78, 5) is 0. The van der Waals surface area contributed by atoms with Crippen molar-refractivity contribution in [3.8, 4) is 33.4 Å². The maximum atomic E-state index is 13.5.